The molecule has 0 saturated carbocycles. The number of ether oxygens (including phenoxy) is 1. The lowest BCUT2D eigenvalue weighted by Gasteiger charge is -2.10. The molecule has 2 rings (SSSR count). The molecule has 2 nitrogen and oxygen atoms in total. The minimum absolute atomic E-state index is 0.0359. The second-order valence-electron chi connectivity index (χ2n) is 3.35. The SMILES string of the molecule is NC1CCc2c(OC(F)F)cccc21. The van der Waals surface area contributed by atoms with Crippen LogP contribution in [-0.4, -0.2) is 6.61 Å². The minimum atomic E-state index is -2.77. The summed E-state index contributed by atoms with van der Waals surface area (Å²) in [5.41, 5.74) is 7.57. The summed E-state index contributed by atoms with van der Waals surface area (Å²) < 4.78 is 28.5. The van der Waals surface area contributed by atoms with Gasteiger partial charge >= 0.3 is 6.61 Å². The fraction of sp³-hybridized carbons (Fsp3) is 0.400. The van der Waals surface area contributed by atoms with Crippen LogP contribution in [0.2, 0.25) is 0 Å². The van der Waals surface area contributed by atoms with Gasteiger partial charge in [0.15, 0.2) is 0 Å². The average molecular weight is 199 g/mol. The summed E-state index contributed by atoms with van der Waals surface area (Å²) in [4.78, 5) is 0. The largest absolute Gasteiger partial charge is 0.435 e. The van der Waals surface area contributed by atoms with Crippen molar-refractivity contribution in [3.63, 3.8) is 0 Å². The highest BCUT2D eigenvalue weighted by Gasteiger charge is 2.23. The van der Waals surface area contributed by atoms with Crippen molar-refractivity contribution in [1.29, 1.82) is 0 Å². The van der Waals surface area contributed by atoms with E-state index >= 15 is 0 Å². The van der Waals surface area contributed by atoms with Crippen LogP contribution in [0.5, 0.6) is 5.75 Å². The Kier molecular flexibility index (Phi) is 2.37. The van der Waals surface area contributed by atoms with Crippen molar-refractivity contribution in [1.82, 2.24) is 0 Å². The van der Waals surface area contributed by atoms with Crippen LogP contribution >= 0.6 is 0 Å². The smallest absolute Gasteiger partial charge is 0.387 e. The summed E-state index contributed by atoms with van der Waals surface area (Å²) in [6.45, 7) is -2.77. The molecule has 76 valence electrons. The van der Waals surface area contributed by atoms with Gasteiger partial charge in [-0.05, 0) is 30.0 Å². The molecule has 14 heavy (non-hydrogen) atoms. The van der Waals surface area contributed by atoms with E-state index in [0.29, 0.717) is 0 Å². The van der Waals surface area contributed by atoms with Gasteiger partial charge in [0.25, 0.3) is 0 Å². The first-order valence-corrected chi connectivity index (χ1v) is 4.50. The lowest BCUT2D eigenvalue weighted by Crippen LogP contribution is -2.06. The molecule has 0 bridgehead atoms. The van der Waals surface area contributed by atoms with E-state index < -0.39 is 6.61 Å². The monoisotopic (exact) mass is 199 g/mol. The van der Waals surface area contributed by atoms with Crippen molar-refractivity contribution in [2.45, 2.75) is 25.5 Å². The number of hydrogen-bond acceptors (Lipinski definition) is 2. The maximum absolute atomic E-state index is 12.0. The number of nitrogens with two attached hydrogens (primary N) is 1. The maximum Gasteiger partial charge on any atom is 0.387 e. The first-order valence-electron chi connectivity index (χ1n) is 4.50. The van der Waals surface area contributed by atoms with E-state index in [0.717, 1.165) is 24.0 Å². The number of rotatable bonds is 2. The van der Waals surface area contributed by atoms with Crippen molar-refractivity contribution in [2.24, 2.45) is 5.73 Å². The Morgan fingerprint density at radius 2 is 2.21 bits per heavy atom. The van der Waals surface area contributed by atoms with Gasteiger partial charge in [-0.2, -0.15) is 8.78 Å². The van der Waals surface area contributed by atoms with E-state index in [2.05, 4.69) is 4.74 Å². The lowest BCUT2D eigenvalue weighted by atomic mass is 10.1. The quantitative estimate of drug-likeness (QED) is 0.792. The molecule has 0 aliphatic heterocycles. The topological polar surface area (TPSA) is 35.2 Å². The highest BCUT2D eigenvalue weighted by Crippen LogP contribution is 2.35. The van der Waals surface area contributed by atoms with Gasteiger partial charge in [0, 0.05) is 6.04 Å². The normalized spacial score (nSPS) is 19.9. The molecule has 1 atom stereocenters. The van der Waals surface area contributed by atoms with Crippen molar-refractivity contribution in [2.75, 3.05) is 0 Å². The number of halogens is 2. The van der Waals surface area contributed by atoms with Gasteiger partial charge in [0.05, 0.1) is 0 Å². The summed E-state index contributed by atoms with van der Waals surface area (Å²) in [5, 5.41) is 0. The van der Waals surface area contributed by atoms with Crippen LogP contribution in [0.3, 0.4) is 0 Å². The third-order valence-electron chi connectivity index (χ3n) is 2.49. The predicted molar refractivity (Wildman–Crippen MR) is 48.3 cm³/mol. The van der Waals surface area contributed by atoms with E-state index in [1.807, 2.05) is 6.07 Å². The number of fused-ring (bicyclic) bond motifs is 1. The molecule has 1 aliphatic rings. The molecule has 1 aliphatic carbocycles. The first-order chi connectivity index (χ1) is 6.68. The molecule has 1 unspecified atom stereocenters. The van der Waals surface area contributed by atoms with Crippen LogP contribution in [0, 0.1) is 0 Å². The number of alkyl halides is 2. The van der Waals surface area contributed by atoms with Crippen LogP contribution in [-0.2, 0) is 6.42 Å². The molecule has 0 spiro atoms. The second-order valence-corrected chi connectivity index (χ2v) is 3.35. The van der Waals surface area contributed by atoms with Gasteiger partial charge < -0.3 is 10.5 Å². The van der Waals surface area contributed by atoms with Gasteiger partial charge in [0.1, 0.15) is 5.75 Å². The third-order valence-corrected chi connectivity index (χ3v) is 2.49. The molecule has 0 aromatic heterocycles. The van der Waals surface area contributed by atoms with Gasteiger partial charge in [-0.3, -0.25) is 0 Å². The van der Waals surface area contributed by atoms with E-state index in [9.17, 15) is 8.78 Å². The standard InChI is InChI=1S/C10H11F2NO/c11-10(12)14-9-3-1-2-6-7(9)4-5-8(6)13/h1-3,8,10H,4-5,13H2. The summed E-state index contributed by atoms with van der Waals surface area (Å²) in [6, 6.07) is 5.09. The van der Waals surface area contributed by atoms with Crippen molar-refractivity contribution in [3.05, 3.63) is 29.3 Å². The first kappa shape index (κ1) is 9.40. The average Bonchev–Trinajstić information content (AvgIpc) is 2.49. The molecule has 2 N–H and O–H groups in total. The molecular formula is C10H11F2NO. The Morgan fingerprint density at radius 3 is 2.93 bits per heavy atom. The third kappa shape index (κ3) is 1.57. The molecule has 1 aromatic rings. The van der Waals surface area contributed by atoms with E-state index in [4.69, 9.17) is 5.73 Å². The van der Waals surface area contributed by atoms with Crippen LogP contribution < -0.4 is 10.5 Å². The molecule has 0 fully saturated rings. The van der Waals surface area contributed by atoms with Gasteiger partial charge in [-0.15, -0.1) is 0 Å². The Hall–Kier alpha value is -1.16. The molecule has 1 aromatic carbocycles. The van der Waals surface area contributed by atoms with Crippen LogP contribution in [0.1, 0.15) is 23.6 Å². The molecule has 0 radical (unpaired) electrons. The molecule has 0 amide bonds. The summed E-state index contributed by atoms with van der Waals surface area (Å²) >= 11 is 0. The Balaban J connectivity index is 2.34. The van der Waals surface area contributed by atoms with Gasteiger partial charge in [0.2, 0.25) is 0 Å². The van der Waals surface area contributed by atoms with Crippen molar-refractivity contribution < 1.29 is 13.5 Å². The van der Waals surface area contributed by atoms with Gasteiger partial charge in [-0.1, -0.05) is 12.1 Å². The number of benzene rings is 1. The van der Waals surface area contributed by atoms with E-state index in [-0.39, 0.29) is 11.8 Å². The summed E-state index contributed by atoms with van der Waals surface area (Å²) in [7, 11) is 0. The van der Waals surface area contributed by atoms with E-state index in [1.165, 1.54) is 0 Å². The zero-order valence-electron chi connectivity index (χ0n) is 7.54. The molecular weight excluding hydrogens is 188 g/mol. The van der Waals surface area contributed by atoms with Crippen LogP contribution in [0.15, 0.2) is 18.2 Å². The Bertz CT molecular complexity index is 341. The highest BCUT2D eigenvalue weighted by atomic mass is 19.3. The Labute approximate surface area is 80.7 Å². The maximum atomic E-state index is 12.0. The summed E-state index contributed by atoms with van der Waals surface area (Å²) in [6.07, 6.45) is 1.53. The zero-order valence-corrected chi connectivity index (χ0v) is 7.54. The Morgan fingerprint density at radius 1 is 1.43 bits per heavy atom. The number of hydrogen-bond donors (Lipinski definition) is 1. The predicted octanol–water partition coefficient (Wildman–Crippen LogP) is 2.23. The molecule has 0 heterocycles. The molecule has 4 heteroatoms. The zero-order chi connectivity index (χ0) is 10.1. The molecule has 0 saturated heterocycles. The van der Waals surface area contributed by atoms with Crippen LogP contribution in [0.4, 0.5) is 8.78 Å². The fourth-order valence-electron chi connectivity index (χ4n) is 1.86. The van der Waals surface area contributed by atoms with Crippen LogP contribution in [0.25, 0.3) is 0 Å². The second kappa shape index (κ2) is 3.53. The van der Waals surface area contributed by atoms with Gasteiger partial charge in [-0.25, -0.2) is 0 Å². The highest BCUT2D eigenvalue weighted by molar-refractivity contribution is 5.44. The van der Waals surface area contributed by atoms with Crippen molar-refractivity contribution >= 4 is 0 Å². The van der Waals surface area contributed by atoms with Crippen molar-refractivity contribution in [3.8, 4) is 5.75 Å². The lowest BCUT2D eigenvalue weighted by molar-refractivity contribution is -0.0503. The van der Waals surface area contributed by atoms with E-state index in [1.54, 1.807) is 12.1 Å². The fourth-order valence-corrected chi connectivity index (χ4v) is 1.86. The summed E-state index contributed by atoms with van der Waals surface area (Å²) in [5.74, 6) is 0.269. The minimum Gasteiger partial charge on any atom is -0.435 e.